The van der Waals surface area contributed by atoms with Crippen LogP contribution in [0.25, 0.3) is 0 Å². The van der Waals surface area contributed by atoms with Crippen LogP contribution in [-0.4, -0.2) is 30.9 Å². The van der Waals surface area contributed by atoms with E-state index in [9.17, 15) is 4.79 Å². The van der Waals surface area contributed by atoms with Gasteiger partial charge in [0.2, 0.25) is 0 Å². The van der Waals surface area contributed by atoms with Gasteiger partial charge in [-0.25, -0.2) is 0 Å². The van der Waals surface area contributed by atoms with Crippen LogP contribution in [0, 0.1) is 0 Å². The van der Waals surface area contributed by atoms with Crippen LogP contribution < -0.4 is 5.73 Å². The van der Waals surface area contributed by atoms with Crippen molar-refractivity contribution in [2.45, 2.75) is 0 Å². The van der Waals surface area contributed by atoms with Gasteiger partial charge in [0.05, 0.1) is 5.02 Å². The van der Waals surface area contributed by atoms with Gasteiger partial charge in [0, 0.05) is 20.1 Å². The zero-order valence-corrected chi connectivity index (χ0v) is 8.86. The van der Waals surface area contributed by atoms with E-state index in [-0.39, 0.29) is 5.91 Å². The summed E-state index contributed by atoms with van der Waals surface area (Å²) in [5, 5.41) is 2.31. The number of nitrogens with zero attached hydrogens (tertiary/aromatic N) is 1. The molecule has 0 aliphatic carbocycles. The molecule has 0 bridgehead atoms. The minimum absolute atomic E-state index is 0.0644. The average Bonchev–Trinajstić information content (AvgIpc) is 2.50. The number of halogens is 1. The van der Waals surface area contributed by atoms with Gasteiger partial charge in [0.1, 0.15) is 4.88 Å². The van der Waals surface area contributed by atoms with Gasteiger partial charge < -0.3 is 10.6 Å². The highest BCUT2D eigenvalue weighted by Gasteiger charge is 2.15. The number of thiophene rings is 1. The second-order valence-corrected chi connectivity index (χ2v) is 3.94. The summed E-state index contributed by atoms with van der Waals surface area (Å²) in [4.78, 5) is 13.8. The molecule has 1 heterocycles. The molecule has 1 aromatic rings. The van der Waals surface area contributed by atoms with Crippen molar-refractivity contribution in [1.82, 2.24) is 4.90 Å². The number of hydrogen-bond donors (Lipinski definition) is 1. The molecule has 1 aromatic heterocycles. The summed E-state index contributed by atoms with van der Waals surface area (Å²) in [6, 6.07) is 1.72. The van der Waals surface area contributed by atoms with E-state index in [1.165, 1.54) is 11.3 Å². The fourth-order valence-corrected chi connectivity index (χ4v) is 2.04. The van der Waals surface area contributed by atoms with E-state index in [0.29, 0.717) is 23.0 Å². The predicted octanol–water partition coefficient (Wildman–Crippen LogP) is 1.43. The summed E-state index contributed by atoms with van der Waals surface area (Å²) in [5.74, 6) is -0.0644. The molecule has 0 saturated heterocycles. The summed E-state index contributed by atoms with van der Waals surface area (Å²) < 4.78 is 0. The van der Waals surface area contributed by atoms with Crippen molar-refractivity contribution < 1.29 is 4.79 Å². The number of carbonyl (C=O) groups excluding carboxylic acids is 1. The molecular formula is C8H11ClN2OS. The number of nitrogens with two attached hydrogens (primary N) is 1. The normalized spacial score (nSPS) is 10.1. The molecule has 0 radical (unpaired) electrons. The van der Waals surface area contributed by atoms with E-state index in [2.05, 4.69) is 0 Å². The Morgan fingerprint density at radius 1 is 1.77 bits per heavy atom. The Kier molecular flexibility index (Phi) is 3.71. The standard InChI is InChI=1S/C8H11ClN2OS/c1-11(4-3-10)8(12)7-6(9)2-5-13-7/h2,5H,3-4,10H2,1H3. The van der Waals surface area contributed by atoms with Gasteiger partial charge in [-0.2, -0.15) is 0 Å². The van der Waals surface area contributed by atoms with Gasteiger partial charge in [-0.15, -0.1) is 11.3 Å². The van der Waals surface area contributed by atoms with E-state index in [1.807, 2.05) is 0 Å². The van der Waals surface area contributed by atoms with Crippen molar-refractivity contribution in [2.75, 3.05) is 20.1 Å². The third-order valence-electron chi connectivity index (χ3n) is 1.62. The lowest BCUT2D eigenvalue weighted by Crippen LogP contribution is -2.31. The maximum Gasteiger partial charge on any atom is 0.265 e. The highest BCUT2D eigenvalue weighted by atomic mass is 35.5. The van der Waals surface area contributed by atoms with E-state index in [4.69, 9.17) is 17.3 Å². The SMILES string of the molecule is CN(CCN)C(=O)c1sccc1Cl. The lowest BCUT2D eigenvalue weighted by Gasteiger charge is -2.14. The first-order valence-corrected chi connectivity index (χ1v) is 5.11. The van der Waals surface area contributed by atoms with Gasteiger partial charge >= 0.3 is 0 Å². The van der Waals surface area contributed by atoms with Crippen LogP contribution in [0.15, 0.2) is 11.4 Å². The second-order valence-electron chi connectivity index (χ2n) is 2.61. The molecule has 13 heavy (non-hydrogen) atoms. The highest BCUT2D eigenvalue weighted by molar-refractivity contribution is 7.12. The Labute approximate surface area is 86.1 Å². The fraction of sp³-hybridized carbons (Fsp3) is 0.375. The summed E-state index contributed by atoms with van der Waals surface area (Å²) in [6.45, 7) is 1.01. The Hall–Kier alpha value is -0.580. The molecule has 0 spiro atoms. The smallest absolute Gasteiger partial charge is 0.265 e. The number of hydrogen-bond acceptors (Lipinski definition) is 3. The van der Waals surface area contributed by atoms with Crippen molar-refractivity contribution in [3.8, 4) is 0 Å². The Bertz CT molecular complexity index is 300. The van der Waals surface area contributed by atoms with E-state index in [0.717, 1.165) is 0 Å². The topological polar surface area (TPSA) is 46.3 Å². The molecule has 1 rings (SSSR count). The molecule has 5 heteroatoms. The van der Waals surface area contributed by atoms with Crippen LogP contribution in [0.1, 0.15) is 9.67 Å². The molecule has 0 unspecified atom stereocenters. The number of amides is 1. The molecule has 0 aliphatic rings. The maximum atomic E-state index is 11.6. The monoisotopic (exact) mass is 218 g/mol. The Balaban J connectivity index is 2.73. The van der Waals surface area contributed by atoms with Crippen molar-refractivity contribution >= 4 is 28.8 Å². The molecule has 2 N–H and O–H groups in total. The van der Waals surface area contributed by atoms with E-state index in [1.54, 1.807) is 23.4 Å². The maximum absolute atomic E-state index is 11.6. The van der Waals surface area contributed by atoms with E-state index < -0.39 is 0 Å². The van der Waals surface area contributed by atoms with Crippen LogP contribution in [-0.2, 0) is 0 Å². The van der Waals surface area contributed by atoms with Crippen LogP contribution >= 0.6 is 22.9 Å². The largest absolute Gasteiger partial charge is 0.340 e. The van der Waals surface area contributed by atoms with Gasteiger partial charge in [0.25, 0.3) is 5.91 Å². The fourth-order valence-electron chi connectivity index (χ4n) is 0.915. The first-order valence-electron chi connectivity index (χ1n) is 3.85. The van der Waals surface area contributed by atoms with Gasteiger partial charge in [-0.05, 0) is 11.4 Å². The van der Waals surface area contributed by atoms with Gasteiger partial charge in [-0.1, -0.05) is 11.6 Å². The number of rotatable bonds is 3. The van der Waals surface area contributed by atoms with Crippen molar-refractivity contribution in [3.63, 3.8) is 0 Å². The molecule has 0 saturated carbocycles. The number of carbonyl (C=O) groups is 1. The third-order valence-corrected chi connectivity index (χ3v) is 2.95. The van der Waals surface area contributed by atoms with E-state index >= 15 is 0 Å². The summed E-state index contributed by atoms with van der Waals surface area (Å²) in [5.41, 5.74) is 5.34. The van der Waals surface area contributed by atoms with Crippen LogP contribution in [0.5, 0.6) is 0 Å². The summed E-state index contributed by atoms with van der Waals surface area (Å²) in [6.07, 6.45) is 0. The van der Waals surface area contributed by atoms with Crippen molar-refractivity contribution in [2.24, 2.45) is 5.73 Å². The quantitative estimate of drug-likeness (QED) is 0.835. The summed E-state index contributed by atoms with van der Waals surface area (Å²) >= 11 is 7.16. The summed E-state index contributed by atoms with van der Waals surface area (Å²) in [7, 11) is 1.71. The first kappa shape index (κ1) is 10.5. The Morgan fingerprint density at radius 2 is 2.46 bits per heavy atom. The minimum atomic E-state index is -0.0644. The molecule has 1 amide bonds. The highest BCUT2D eigenvalue weighted by Crippen LogP contribution is 2.22. The van der Waals surface area contributed by atoms with Crippen molar-refractivity contribution in [3.05, 3.63) is 21.3 Å². The molecule has 0 fully saturated rings. The van der Waals surface area contributed by atoms with Gasteiger partial charge in [0.15, 0.2) is 0 Å². The number of likely N-dealkylation sites (N-methyl/N-ethyl adjacent to an activating group) is 1. The lowest BCUT2D eigenvalue weighted by molar-refractivity contribution is 0.0804. The molecule has 0 aliphatic heterocycles. The van der Waals surface area contributed by atoms with Crippen LogP contribution in [0.3, 0.4) is 0 Å². The average molecular weight is 219 g/mol. The van der Waals surface area contributed by atoms with Gasteiger partial charge in [-0.3, -0.25) is 4.79 Å². The predicted molar refractivity (Wildman–Crippen MR) is 55.3 cm³/mol. The first-order chi connectivity index (χ1) is 6.16. The molecule has 72 valence electrons. The van der Waals surface area contributed by atoms with Crippen molar-refractivity contribution in [1.29, 1.82) is 0 Å². The minimum Gasteiger partial charge on any atom is -0.340 e. The third kappa shape index (κ3) is 2.43. The lowest BCUT2D eigenvalue weighted by atomic mass is 10.4. The molecule has 0 atom stereocenters. The molecular weight excluding hydrogens is 208 g/mol. The zero-order valence-electron chi connectivity index (χ0n) is 7.29. The van der Waals surface area contributed by atoms with Crippen LogP contribution in [0.4, 0.5) is 0 Å². The molecule has 0 aromatic carbocycles. The second kappa shape index (κ2) is 4.60. The molecule has 3 nitrogen and oxygen atoms in total. The Morgan fingerprint density at radius 3 is 2.92 bits per heavy atom. The zero-order chi connectivity index (χ0) is 9.84. The van der Waals surface area contributed by atoms with Crippen LogP contribution in [0.2, 0.25) is 5.02 Å².